The van der Waals surface area contributed by atoms with Gasteiger partial charge in [0.05, 0.1) is 59.5 Å². The standard InChI is InChI=1S/C15H28O7/c1-3-14(2)15(17)22-13-12-21-11-10-20-9-8-19-7-6-18-5-4-16/h3,16H,4-13H2,1-2H3. The van der Waals surface area contributed by atoms with Crippen LogP contribution in [0.5, 0.6) is 0 Å². The molecular weight excluding hydrogens is 292 g/mol. The van der Waals surface area contributed by atoms with Gasteiger partial charge in [-0.15, -0.1) is 0 Å². The van der Waals surface area contributed by atoms with E-state index < -0.39 is 0 Å². The Morgan fingerprint density at radius 2 is 1.23 bits per heavy atom. The Morgan fingerprint density at radius 1 is 0.818 bits per heavy atom. The van der Waals surface area contributed by atoms with E-state index in [4.69, 9.17) is 28.8 Å². The van der Waals surface area contributed by atoms with Crippen molar-refractivity contribution in [1.29, 1.82) is 0 Å². The molecule has 0 aromatic rings. The van der Waals surface area contributed by atoms with Gasteiger partial charge < -0.3 is 28.8 Å². The van der Waals surface area contributed by atoms with Crippen molar-refractivity contribution in [3.05, 3.63) is 11.6 Å². The Bertz CT molecular complexity index is 292. The minimum absolute atomic E-state index is 0.0250. The van der Waals surface area contributed by atoms with Crippen LogP contribution in [-0.2, 0) is 28.5 Å². The third-order valence-electron chi connectivity index (χ3n) is 2.57. The first-order valence-corrected chi connectivity index (χ1v) is 7.44. The second kappa shape index (κ2) is 16.4. The minimum Gasteiger partial charge on any atom is -0.460 e. The van der Waals surface area contributed by atoms with E-state index in [2.05, 4.69) is 0 Å². The molecule has 0 rings (SSSR count). The summed E-state index contributed by atoms with van der Waals surface area (Å²) >= 11 is 0. The van der Waals surface area contributed by atoms with Gasteiger partial charge >= 0.3 is 5.97 Å². The molecule has 7 nitrogen and oxygen atoms in total. The molecule has 0 amide bonds. The molecule has 0 aliphatic heterocycles. The summed E-state index contributed by atoms with van der Waals surface area (Å²) in [6, 6.07) is 0. The van der Waals surface area contributed by atoms with Gasteiger partial charge in [0.1, 0.15) is 6.61 Å². The first-order chi connectivity index (χ1) is 10.7. The molecule has 0 radical (unpaired) electrons. The number of aliphatic hydroxyl groups excluding tert-OH is 1. The van der Waals surface area contributed by atoms with Crippen LogP contribution in [0, 0.1) is 0 Å². The fraction of sp³-hybridized carbons (Fsp3) is 0.800. The topological polar surface area (TPSA) is 83.5 Å². The van der Waals surface area contributed by atoms with Crippen molar-refractivity contribution in [3.8, 4) is 0 Å². The maximum atomic E-state index is 11.3. The number of allylic oxidation sites excluding steroid dienone is 1. The van der Waals surface area contributed by atoms with Crippen molar-refractivity contribution in [2.75, 3.05) is 66.1 Å². The lowest BCUT2D eigenvalue weighted by molar-refractivity contribution is -0.140. The second-order valence-electron chi connectivity index (χ2n) is 4.28. The maximum absolute atomic E-state index is 11.3. The van der Waals surface area contributed by atoms with Crippen molar-refractivity contribution in [2.24, 2.45) is 0 Å². The van der Waals surface area contributed by atoms with Crippen LogP contribution in [0.1, 0.15) is 13.8 Å². The zero-order valence-electron chi connectivity index (χ0n) is 13.5. The molecule has 0 saturated carbocycles. The second-order valence-corrected chi connectivity index (χ2v) is 4.28. The first-order valence-electron chi connectivity index (χ1n) is 7.44. The van der Waals surface area contributed by atoms with Crippen LogP contribution < -0.4 is 0 Å². The Morgan fingerprint density at radius 3 is 1.64 bits per heavy atom. The molecule has 0 aliphatic rings. The monoisotopic (exact) mass is 320 g/mol. The predicted octanol–water partition coefficient (Wildman–Crippen LogP) is 0.555. The molecule has 0 unspecified atom stereocenters. The smallest absolute Gasteiger partial charge is 0.333 e. The summed E-state index contributed by atoms with van der Waals surface area (Å²) in [5.74, 6) is -0.317. The highest BCUT2D eigenvalue weighted by molar-refractivity contribution is 5.87. The number of carbonyl (C=O) groups is 1. The van der Waals surface area contributed by atoms with E-state index in [-0.39, 0.29) is 19.2 Å². The van der Waals surface area contributed by atoms with E-state index in [1.165, 1.54) is 0 Å². The fourth-order valence-electron chi connectivity index (χ4n) is 1.25. The highest BCUT2D eigenvalue weighted by atomic mass is 16.6. The number of hydrogen-bond acceptors (Lipinski definition) is 7. The number of esters is 1. The molecule has 0 spiro atoms. The number of ether oxygens (including phenoxy) is 5. The minimum atomic E-state index is -0.317. The average Bonchev–Trinajstić information content (AvgIpc) is 2.54. The van der Waals surface area contributed by atoms with Gasteiger partial charge in [0.2, 0.25) is 0 Å². The molecule has 0 heterocycles. The lowest BCUT2D eigenvalue weighted by atomic mass is 10.3. The van der Waals surface area contributed by atoms with Gasteiger partial charge in [-0.1, -0.05) is 6.08 Å². The van der Waals surface area contributed by atoms with Gasteiger partial charge in [-0.2, -0.15) is 0 Å². The average molecular weight is 320 g/mol. The van der Waals surface area contributed by atoms with E-state index in [1.54, 1.807) is 19.9 Å². The summed E-state index contributed by atoms with van der Waals surface area (Å²) < 4.78 is 25.8. The molecule has 0 aromatic carbocycles. The summed E-state index contributed by atoms with van der Waals surface area (Å²) in [4.78, 5) is 11.3. The van der Waals surface area contributed by atoms with Crippen LogP contribution in [0.3, 0.4) is 0 Å². The number of rotatable bonds is 15. The third kappa shape index (κ3) is 14.0. The van der Waals surface area contributed by atoms with Crippen molar-refractivity contribution < 1.29 is 33.6 Å². The van der Waals surface area contributed by atoms with Crippen LogP contribution in [0.15, 0.2) is 11.6 Å². The van der Waals surface area contributed by atoms with Crippen molar-refractivity contribution in [2.45, 2.75) is 13.8 Å². The summed E-state index contributed by atoms with van der Waals surface area (Å²) in [5, 5.41) is 8.48. The van der Waals surface area contributed by atoms with Crippen molar-refractivity contribution >= 4 is 5.97 Å². The van der Waals surface area contributed by atoms with Crippen LogP contribution in [-0.4, -0.2) is 77.1 Å². The fourth-order valence-corrected chi connectivity index (χ4v) is 1.25. The summed E-state index contributed by atoms with van der Waals surface area (Å²) in [6.45, 7) is 7.28. The molecular formula is C15H28O7. The molecule has 130 valence electrons. The van der Waals surface area contributed by atoms with Gasteiger partial charge in [0.15, 0.2) is 0 Å². The molecule has 0 aromatic heterocycles. The number of hydrogen-bond donors (Lipinski definition) is 1. The van der Waals surface area contributed by atoms with E-state index >= 15 is 0 Å². The summed E-state index contributed by atoms with van der Waals surface area (Å²) in [6.07, 6.45) is 1.71. The lowest BCUT2D eigenvalue weighted by Crippen LogP contribution is -2.15. The Balaban J connectivity index is 3.13. The summed E-state index contributed by atoms with van der Waals surface area (Å²) in [7, 11) is 0. The molecule has 0 bridgehead atoms. The van der Waals surface area contributed by atoms with Crippen molar-refractivity contribution in [1.82, 2.24) is 0 Å². The SMILES string of the molecule is CC=C(C)C(=O)OCCOCCOCCOCCOCCO. The molecule has 0 atom stereocenters. The van der Waals surface area contributed by atoms with Gasteiger partial charge in [-0.25, -0.2) is 4.79 Å². The quantitative estimate of drug-likeness (QED) is 0.268. The molecule has 0 saturated heterocycles. The molecule has 22 heavy (non-hydrogen) atoms. The van der Waals surface area contributed by atoms with E-state index in [1.807, 2.05) is 0 Å². The zero-order chi connectivity index (χ0) is 16.5. The lowest BCUT2D eigenvalue weighted by Gasteiger charge is -2.07. The van der Waals surface area contributed by atoms with Crippen LogP contribution in [0.2, 0.25) is 0 Å². The molecule has 1 N–H and O–H groups in total. The van der Waals surface area contributed by atoms with Crippen LogP contribution in [0.4, 0.5) is 0 Å². The zero-order valence-corrected chi connectivity index (χ0v) is 13.5. The Labute approximate surface area is 132 Å². The highest BCUT2D eigenvalue weighted by Crippen LogP contribution is 1.95. The van der Waals surface area contributed by atoms with Gasteiger partial charge in [0.25, 0.3) is 0 Å². The molecule has 0 aliphatic carbocycles. The van der Waals surface area contributed by atoms with Crippen LogP contribution >= 0.6 is 0 Å². The summed E-state index contributed by atoms with van der Waals surface area (Å²) in [5.41, 5.74) is 0.588. The predicted molar refractivity (Wildman–Crippen MR) is 80.8 cm³/mol. The third-order valence-corrected chi connectivity index (χ3v) is 2.57. The van der Waals surface area contributed by atoms with Gasteiger partial charge in [-0.3, -0.25) is 0 Å². The maximum Gasteiger partial charge on any atom is 0.333 e. The molecule has 7 heteroatoms. The molecule has 0 fully saturated rings. The van der Waals surface area contributed by atoms with Gasteiger partial charge in [-0.05, 0) is 13.8 Å². The Kier molecular flexibility index (Phi) is 15.6. The highest BCUT2D eigenvalue weighted by Gasteiger charge is 2.03. The Hall–Kier alpha value is -0.990. The normalized spacial score (nSPS) is 11.7. The van der Waals surface area contributed by atoms with Crippen LogP contribution in [0.25, 0.3) is 0 Å². The first kappa shape index (κ1) is 21.0. The largest absolute Gasteiger partial charge is 0.460 e. The number of aliphatic hydroxyl groups is 1. The number of carbonyl (C=O) groups excluding carboxylic acids is 1. The van der Waals surface area contributed by atoms with Crippen molar-refractivity contribution in [3.63, 3.8) is 0 Å². The van der Waals surface area contributed by atoms with Gasteiger partial charge in [0, 0.05) is 5.57 Å². The van der Waals surface area contributed by atoms with E-state index in [9.17, 15) is 4.79 Å². The van der Waals surface area contributed by atoms with E-state index in [0.717, 1.165) is 0 Å². The van der Waals surface area contributed by atoms with E-state index in [0.29, 0.717) is 58.4 Å².